The number of hydrogen-bond acceptors (Lipinski definition) is 0. The molecule has 0 unspecified atom stereocenters. The van der Waals surface area contributed by atoms with Gasteiger partial charge in [0.25, 0.3) is 0 Å². The number of fused-ring (bicyclic) bond motifs is 8. The van der Waals surface area contributed by atoms with Crippen LogP contribution >= 0.6 is 0 Å². The van der Waals surface area contributed by atoms with E-state index >= 15 is 0 Å². The molecule has 10 rings (SSSR count). The second-order valence-corrected chi connectivity index (χ2v) is 12.4. The minimum atomic E-state index is 1.25. The zero-order valence-electron chi connectivity index (χ0n) is 25.2. The van der Waals surface area contributed by atoms with Gasteiger partial charge in [-0.3, -0.25) is 0 Å². The van der Waals surface area contributed by atoms with E-state index in [0.717, 1.165) is 0 Å². The summed E-state index contributed by atoms with van der Waals surface area (Å²) in [6.45, 7) is 0. The molecule has 0 nitrogen and oxygen atoms in total. The van der Waals surface area contributed by atoms with Crippen molar-refractivity contribution in [3.8, 4) is 55.6 Å². The van der Waals surface area contributed by atoms with Crippen LogP contribution in [0.3, 0.4) is 0 Å². The minimum absolute atomic E-state index is 1.25. The van der Waals surface area contributed by atoms with Crippen LogP contribution in [0.15, 0.2) is 170 Å². The Hall–Kier alpha value is -5.98. The van der Waals surface area contributed by atoms with Gasteiger partial charge in [-0.1, -0.05) is 164 Å². The van der Waals surface area contributed by atoms with E-state index in [1.54, 1.807) is 0 Å². The molecule has 212 valence electrons. The van der Waals surface area contributed by atoms with Crippen molar-refractivity contribution in [2.75, 3.05) is 0 Å². The Balaban J connectivity index is 1.36. The largest absolute Gasteiger partial charge is 0.0616 e. The lowest BCUT2D eigenvalue weighted by Crippen LogP contribution is -1.94. The molecular weight excluding hydrogens is 553 g/mol. The Labute approximate surface area is 267 Å². The first-order chi connectivity index (χ1) is 22.8. The molecule has 46 heavy (non-hydrogen) atoms. The van der Waals surface area contributed by atoms with Crippen LogP contribution in [0.25, 0.3) is 98.7 Å². The van der Waals surface area contributed by atoms with Gasteiger partial charge in [-0.15, -0.1) is 0 Å². The predicted molar refractivity (Wildman–Crippen MR) is 197 cm³/mol. The SMILES string of the molecule is c1ccc2c(c1)-c1c(-c3c4ccccc4c(-c4ccc5ccccc5c4)c4ccccc34)cccc1-c1cccc3cccc-2c13. The van der Waals surface area contributed by atoms with Crippen LogP contribution in [0.1, 0.15) is 0 Å². The summed E-state index contributed by atoms with van der Waals surface area (Å²) in [7, 11) is 0. The summed E-state index contributed by atoms with van der Waals surface area (Å²) in [6.07, 6.45) is 0. The van der Waals surface area contributed by atoms with E-state index < -0.39 is 0 Å². The first-order valence-corrected chi connectivity index (χ1v) is 16.0. The molecule has 0 heterocycles. The van der Waals surface area contributed by atoms with Crippen molar-refractivity contribution in [1.82, 2.24) is 0 Å². The first kappa shape index (κ1) is 25.4. The van der Waals surface area contributed by atoms with Crippen LogP contribution in [0.4, 0.5) is 0 Å². The van der Waals surface area contributed by atoms with Gasteiger partial charge in [0.15, 0.2) is 0 Å². The van der Waals surface area contributed by atoms with Gasteiger partial charge < -0.3 is 0 Å². The molecule has 0 bridgehead atoms. The average Bonchev–Trinajstić information content (AvgIpc) is 3.24. The molecular formula is C46H28. The fourth-order valence-electron chi connectivity index (χ4n) is 8.08. The molecule has 0 aliphatic heterocycles. The molecule has 0 N–H and O–H groups in total. The lowest BCUT2D eigenvalue weighted by molar-refractivity contribution is 1.60. The average molecular weight is 581 g/mol. The second kappa shape index (κ2) is 9.76. The van der Waals surface area contributed by atoms with Gasteiger partial charge in [0, 0.05) is 0 Å². The third kappa shape index (κ3) is 3.56. The summed E-state index contributed by atoms with van der Waals surface area (Å²) < 4.78 is 0. The van der Waals surface area contributed by atoms with E-state index in [-0.39, 0.29) is 0 Å². The molecule has 0 spiro atoms. The maximum Gasteiger partial charge on any atom is -0.00199 e. The molecule has 0 saturated heterocycles. The standard InChI is InChI=1S/C46H28/c1-2-13-31-28-32(27-26-29(31)12-1)44-36-18-5-7-20-39(36)46(40-21-8-6-19-37(40)44)42-25-11-24-41-38-23-10-15-30-14-9-22-34(43(30)38)33-16-3-4-17-35(33)45(41)42/h1-28H. The van der Waals surface area contributed by atoms with E-state index in [2.05, 4.69) is 170 Å². The lowest BCUT2D eigenvalue weighted by Gasteiger charge is -2.21. The molecule has 1 aliphatic rings. The maximum atomic E-state index is 2.35. The molecule has 0 radical (unpaired) electrons. The Kier molecular flexibility index (Phi) is 5.38. The highest BCUT2D eigenvalue weighted by atomic mass is 14.3. The Morgan fingerprint density at radius 1 is 0.239 bits per heavy atom. The van der Waals surface area contributed by atoms with Crippen molar-refractivity contribution in [2.45, 2.75) is 0 Å². The molecule has 0 saturated carbocycles. The predicted octanol–water partition coefficient (Wildman–Crippen LogP) is 12.9. The van der Waals surface area contributed by atoms with Crippen molar-refractivity contribution in [2.24, 2.45) is 0 Å². The van der Waals surface area contributed by atoms with Gasteiger partial charge in [-0.05, 0) is 105 Å². The Bertz CT molecular complexity index is 2630. The third-order valence-corrected chi connectivity index (χ3v) is 9.98. The van der Waals surface area contributed by atoms with Gasteiger partial charge in [0.2, 0.25) is 0 Å². The summed E-state index contributed by atoms with van der Waals surface area (Å²) in [5.41, 5.74) is 12.8. The summed E-state index contributed by atoms with van der Waals surface area (Å²) in [5.74, 6) is 0. The Morgan fingerprint density at radius 3 is 1.43 bits per heavy atom. The van der Waals surface area contributed by atoms with Crippen LogP contribution in [0.2, 0.25) is 0 Å². The van der Waals surface area contributed by atoms with Crippen LogP contribution in [-0.4, -0.2) is 0 Å². The van der Waals surface area contributed by atoms with Gasteiger partial charge in [0.1, 0.15) is 0 Å². The van der Waals surface area contributed by atoms with Gasteiger partial charge >= 0.3 is 0 Å². The zero-order chi connectivity index (χ0) is 30.2. The second-order valence-electron chi connectivity index (χ2n) is 12.4. The van der Waals surface area contributed by atoms with Crippen molar-refractivity contribution >= 4 is 43.1 Å². The monoisotopic (exact) mass is 580 g/mol. The molecule has 9 aromatic carbocycles. The normalized spacial score (nSPS) is 11.9. The Morgan fingerprint density at radius 2 is 0.717 bits per heavy atom. The fourth-order valence-corrected chi connectivity index (χ4v) is 8.08. The van der Waals surface area contributed by atoms with E-state index in [1.165, 1.54) is 98.7 Å². The zero-order valence-corrected chi connectivity index (χ0v) is 25.2. The molecule has 1 aliphatic carbocycles. The van der Waals surface area contributed by atoms with Crippen LogP contribution in [-0.2, 0) is 0 Å². The highest BCUT2D eigenvalue weighted by Gasteiger charge is 2.26. The third-order valence-electron chi connectivity index (χ3n) is 9.98. The van der Waals surface area contributed by atoms with Crippen LogP contribution in [0.5, 0.6) is 0 Å². The van der Waals surface area contributed by atoms with E-state index in [4.69, 9.17) is 0 Å². The van der Waals surface area contributed by atoms with Gasteiger partial charge in [-0.25, -0.2) is 0 Å². The van der Waals surface area contributed by atoms with Crippen LogP contribution in [0, 0.1) is 0 Å². The van der Waals surface area contributed by atoms with Crippen LogP contribution < -0.4 is 0 Å². The fraction of sp³-hybridized carbons (Fsp3) is 0. The van der Waals surface area contributed by atoms with Gasteiger partial charge in [0.05, 0.1) is 0 Å². The summed E-state index contributed by atoms with van der Waals surface area (Å²) in [4.78, 5) is 0. The van der Waals surface area contributed by atoms with E-state index in [0.29, 0.717) is 0 Å². The van der Waals surface area contributed by atoms with Crippen molar-refractivity contribution < 1.29 is 0 Å². The quantitative estimate of drug-likeness (QED) is 0.178. The first-order valence-electron chi connectivity index (χ1n) is 16.0. The molecule has 0 fully saturated rings. The summed E-state index contributed by atoms with van der Waals surface area (Å²) in [5, 5.41) is 10.2. The highest BCUT2D eigenvalue weighted by Crippen LogP contribution is 2.53. The van der Waals surface area contributed by atoms with Crippen molar-refractivity contribution in [1.29, 1.82) is 0 Å². The van der Waals surface area contributed by atoms with Gasteiger partial charge in [-0.2, -0.15) is 0 Å². The topological polar surface area (TPSA) is 0 Å². The number of benzene rings is 9. The number of hydrogen-bond donors (Lipinski definition) is 0. The van der Waals surface area contributed by atoms with Crippen molar-refractivity contribution in [3.63, 3.8) is 0 Å². The van der Waals surface area contributed by atoms with E-state index in [1.807, 2.05) is 0 Å². The molecule has 9 aromatic rings. The van der Waals surface area contributed by atoms with Crippen molar-refractivity contribution in [3.05, 3.63) is 170 Å². The van der Waals surface area contributed by atoms with E-state index in [9.17, 15) is 0 Å². The smallest absolute Gasteiger partial charge is 0.00199 e. The maximum absolute atomic E-state index is 2.35. The molecule has 0 amide bonds. The lowest BCUT2D eigenvalue weighted by atomic mass is 9.81. The molecule has 0 heteroatoms. The number of rotatable bonds is 2. The summed E-state index contributed by atoms with van der Waals surface area (Å²) >= 11 is 0. The minimum Gasteiger partial charge on any atom is -0.0616 e. The molecule has 0 aromatic heterocycles. The highest BCUT2D eigenvalue weighted by molar-refractivity contribution is 6.24. The summed E-state index contributed by atoms with van der Waals surface area (Å²) in [6, 6.07) is 62.9. The molecule has 0 atom stereocenters.